The summed E-state index contributed by atoms with van der Waals surface area (Å²) in [6.07, 6.45) is 0. The van der Waals surface area contributed by atoms with Crippen molar-refractivity contribution in [3.63, 3.8) is 0 Å². The van der Waals surface area contributed by atoms with Gasteiger partial charge in [0.15, 0.2) is 0 Å². The third-order valence-electron chi connectivity index (χ3n) is 4.32. The molecule has 22 heavy (non-hydrogen) atoms. The van der Waals surface area contributed by atoms with Gasteiger partial charge in [0.25, 0.3) is 0 Å². The first-order valence-corrected chi connectivity index (χ1v) is 8.03. The van der Waals surface area contributed by atoms with Gasteiger partial charge in [0.05, 0.1) is 0 Å². The Labute approximate surface area is 135 Å². The molecule has 4 aromatic carbocycles. The zero-order valence-corrected chi connectivity index (χ0v) is 13.2. The van der Waals surface area contributed by atoms with Gasteiger partial charge in [0, 0.05) is 20.6 Å². The largest absolute Gasteiger partial charge is 0.455 e. The van der Waals surface area contributed by atoms with Crippen molar-refractivity contribution in [3.05, 3.63) is 71.2 Å². The fourth-order valence-electron chi connectivity index (χ4n) is 3.32. The first kappa shape index (κ1) is 12.2. The molecule has 0 fully saturated rings. The molecule has 1 heterocycles. The van der Waals surface area contributed by atoms with Crippen molar-refractivity contribution < 1.29 is 4.42 Å². The summed E-state index contributed by atoms with van der Waals surface area (Å²) >= 11 is 3.71. The molecule has 1 aromatic heterocycles. The lowest BCUT2D eigenvalue weighted by Crippen LogP contribution is -1.77. The Morgan fingerprint density at radius 2 is 1.41 bits per heavy atom. The SMILES string of the molecule is Brc1cc2c(oc3ccc4ccccc4c32)c2ccccc12. The van der Waals surface area contributed by atoms with Gasteiger partial charge in [-0.1, -0.05) is 70.5 Å². The summed E-state index contributed by atoms with van der Waals surface area (Å²) in [6.45, 7) is 0. The van der Waals surface area contributed by atoms with Gasteiger partial charge in [-0.25, -0.2) is 0 Å². The fraction of sp³-hybridized carbons (Fsp3) is 0. The molecule has 0 radical (unpaired) electrons. The maximum Gasteiger partial charge on any atom is 0.143 e. The minimum absolute atomic E-state index is 0.942. The number of rotatable bonds is 0. The van der Waals surface area contributed by atoms with E-state index >= 15 is 0 Å². The van der Waals surface area contributed by atoms with Crippen molar-refractivity contribution >= 4 is 59.4 Å². The number of fused-ring (bicyclic) bond motifs is 7. The molecule has 0 saturated carbocycles. The molecule has 2 heteroatoms. The van der Waals surface area contributed by atoms with Crippen molar-refractivity contribution in [2.75, 3.05) is 0 Å². The molecule has 1 nitrogen and oxygen atoms in total. The molecule has 0 atom stereocenters. The van der Waals surface area contributed by atoms with Crippen LogP contribution < -0.4 is 0 Å². The summed E-state index contributed by atoms with van der Waals surface area (Å²) in [5.41, 5.74) is 1.90. The summed E-state index contributed by atoms with van der Waals surface area (Å²) < 4.78 is 7.31. The highest BCUT2D eigenvalue weighted by Gasteiger charge is 2.14. The van der Waals surface area contributed by atoms with E-state index in [0.717, 1.165) is 26.4 Å². The molecule has 0 N–H and O–H groups in total. The van der Waals surface area contributed by atoms with Gasteiger partial charge in [-0.05, 0) is 28.3 Å². The predicted molar refractivity (Wildman–Crippen MR) is 96.4 cm³/mol. The van der Waals surface area contributed by atoms with Crippen molar-refractivity contribution in [3.8, 4) is 0 Å². The normalized spacial score (nSPS) is 11.9. The quantitative estimate of drug-likeness (QED) is 0.305. The van der Waals surface area contributed by atoms with E-state index in [-0.39, 0.29) is 0 Å². The van der Waals surface area contributed by atoms with Crippen LogP contribution in [0.3, 0.4) is 0 Å². The minimum Gasteiger partial charge on any atom is -0.455 e. The Kier molecular flexibility index (Phi) is 2.42. The number of hydrogen-bond acceptors (Lipinski definition) is 1. The molecule has 0 aliphatic carbocycles. The van der Waals surface area contributed by atoms with E-state index in [2.05, 4.69) is 82.7 Å². The molecule has 0 aliphatic heterocycles. The van der Waals surface area contributed by atoms with Gasteiger partial charge in [-0.2, -0.15) is 0 Å². The van der Waals surface area contributed by atoms with Crippen LogP contribution >= 0.6 is 15.9 Å². The van der Waals surface area contributed by atoms with Crippen LogP contribution in [0.4, 0.5) is 0 Å². The van der Waals surface area contributed by atoms with Gasteiger partial charge >= 0.3 is 0 Å². The second-order valence-corrected chi connectivity index (χ2v) is 6.40. The van der Waals surface area contributed by atoms with Crippen LogP contribution in [0.2, 0.25) is 0 Å². The van der Waals surface area contributed by atoms with Gasteiger partial charge in [-0.3, -0.25) is 0 Å². The number of hydrogen-bond donors (Lipinski definition) is 0. The van der Waals surface area contributed by atoms with Crippen LogP contribution in [0, 0.1) is 0 Å². The van der Waals surface area contributed by atoms with Gasteiger partial charge < -0.3 is 4.42 Å². The third kappa shape index (κ3) is 1.53. The standard InChI is InChI=1S/C20H11BrO/c21-17-11-16-19-13-6-2-1-5-12(13)9-10-18(19)22-20(16)15-8-4-3-7-14(15)17/h1-11H. The van der Waals surface area contributed by atoms with E-state index in [1.807, 2.05) is 0 Å². The Morgan fingerprint density at radius 1 is 0.682 bits per heavy atom. The van der Waals surface area contributed by atoms with Gasteiger partial charge in [0.1, 0.15) is 11.2 Å². The van der Waals surface area contributed by atoms with Crippen LogP contribution in [0.1, 0.15) is 0 Å². The summed E-state index contributed by atoms with van der Waals surface area (Å²) in [7, 11) is 0. The highest BCUT2D eigenvalue weighted by Crippen LogP contribution is 2.40. The van der Waals surface area contributed by atoms with Crippen LogP contribution in [-0.2, 0) is 0 Å². The Morgan fingerprint density at radius 3 is 2.27 bits per heavy atom. The molecule has 104 valence electrons. The van der Waals surface area contributed by atoms with Crippen LogP contribution in [0.15, 0.2) is 75.6 Å². The van der Waals surface area contributed by atoms with Crippen LogP contribution in [0.5, 0.6) is 0 Å². The van der Waals surface area contributed by atoms with Crippen molar-refractivity contribution in [2.45, 2.75) is 0 Å². The highest BCUT2D eigenvalue weighted by atomic mass is 79.9. The van der Waals surface area contributed by atoms with E-state index in [1.165, 1.54) is 21.5 Å². The maximum absolute atomic E-state index is 6.21. The second-order valence-electron chi connectivity index (χ2n) is 5.54. The lowest BCUT2D eigenvalue weighted by atomic mass is 10.0. The molecule has 0 unspecified atom stereocenters. The average molecular weight is 347 g/mol. The summed E-state index contributed by atoms with van der Waals surface area (Å²) in [4.78, 5) is 0. The smallest absolute Gasteiger partial charge is 0.143 e. The minimum atomic E-state index is 0.942. The first-order chi connectivity index (χ1) is 10.8. The Hall–Kier alpha value is -2.32. The summed E-state index contributed by atoms with van der Waals surface area (Å²) in [5.74, 6) is 0. The lowest BCUT2D eigenvalue weighted by Gasteiger charge is -2.02. The second kappa shape index (κ2) is 4.34. The first-order valence-electron chi connectivity index (χ1n) is 7.24. The van der Waals surface area contributed by atoms with Crippen molar-refractivity contribution in [1.82, 2.24) is 0 Å². The van der Waals surface area contributed by atoms with E-state index in [0.29, 0.717) is 0 Å². The zero-order chi connectivity index (χ0) is 14.7. The van der Waals surface area contributed by atoms with Crippen molar-refractivity contribution in [2.24, 2.45) is 0 Å². The molecular weight excluding hydrogens is 336 g/mol. The molecule has 0 saturated heterocycles. The zero-order valence-electron chi connectivity index (χ0n) is 11.6. The van der Waals surface area contributed by atoms with Crippen molar-refractivity contribution in [1.29, 1.82) is 0 Å². The molecule has 0 amide bonds. The monoisotopic (exact) mass is 346 g/mol. The van der Waals surface area contributed by atoms with Crippen LogP contribution in [-0.4, -0.2) is 0 Å². The topological polar surface area (TPSA) is 13.1 Å². The van der Waals surface area contributed by atoms with E-state index < -0.39 is 0 Å². The number of furan rings is 1. The fourth-order valence-corrected chi connectivity index (χ4v) is 3.90. The molecular formula is C20H11BrO. The lowest BCUT2D eigenvalue weighted by molar-refractivity contribution is 0.673. The Balaban J connectivity index is 2.13. The summed E-state index contributed by atoms with van der Waals surface area (Å²) in [6, 6.07) is 23.2. The van der Waals surface area contributed by atoms with Crippen LogP contribution in [0.25, 0.3) is 43.5 Å². The third-order valence-corrected chi connectivity index (χ3v) is 4.97. The molecule has 5 aromatic rings. The molecule has 5 rings (SSSR count). The highest BCUT2D eigenvalue weighted by molar-refractivity contribution is 9.10. The molecule has 0 spiro atoms. The Bertz CT molecular complexity index is 1180. The summed E-state index contributed by atoms with van der Waals surface area (Å²) in [5, 5.41) is 7.16. The van der Waals surface area contributed by atoms with E-state index in [9.17, 15) is 0 Å². The van der Waals surface area contributed by atoms with Gasteiger partial charge in [-0.15, -0.1) is 0 Å². The number of benzene rings is 4. The number of halogens is 1. The maximum atomic E-state index is 6.21. The molecule has 0 aliphatic rings. The van der Waals surface area contributed by atoms with Gasteiger partial charge in [0.2, 0.25) is 0 Å². The average Bonchev–Trinajstić information content (AvgIpc) is 2.94. The van der Waals surface area contributed by atoms with E-state index in [1.54, 1.807) is 0 Å². The predicted octanol–water partition coefficient (Wildman–Crippen LogP) is 6.65. The van der Waals surface area contributed by atoms with E-state index in [4.69, 9.17) is 4.42 Å². The molecule has 0 bridgehead atoms.